The topological polar surface area (TPSA) is 53.6 Å². The standard InChI is InChI=1S/C34H38BrN3O2S/c1-23-4-2-3-5-30(23)25-7-8-26-19-29(41-33(26)20-25)21-34(39)37-27-12-16-38(17-13-27)22-24-6-9-32(31(35)18-24)40-28-10-14-36-15-11-28/h2-9,18-20,27-28,36H,10-17,21-22H2,1H3,(H,37,39). The zero-order chi connectivity index (χ0) is 28.2. The molecule has 2 aliphatic heterocycles. The van der Waals surface area contributed by atoms with Crippen LogP contribution >= 0.6 is 27.3 Å². The predicted octanol–water partition coefficient (Wildman–Crippen LogP) is 7.09. The highest BCUT2D eigenvalue weighted by molar-refractivity contribution is 9.10. The van der Waals surface area contributed by atoms with Crippen LogP contribution in [0.4, 0.5) is 0 Å². The van der Waals surface area contributed by atoms with Gasteiger partial charge in [0.25, 0.3) is 0 Å². The van der Waals surface area contributed by atoms with Crippen molar-refractivity contribution >= 4 is 43.3 Å². The lowest BCUT2D eigenvalue weighted by atomic mass is 10.0. The molecule has 0 atom stereocenters. The fourth-order valence-corrected chi connectivity index (χ4v) is 7.62. The van der Waals surface area contributed by atoms with Crippen molar-refractivity contribution in [3.63, 3.8) is 0 Å². The van der Waals surface area contributed by atoms with E-state index in [1.807, 2.05) is 0 Å². The van der Waals surface area contributed by atoms with Crippen molar-refractivity contribution in [2.75, 3.05) is 26.2 Å². The molecule has 5 nitrogen and oxygen atoms in total. The van der Waals surface area contributed by atoms with Gasteiger partial charge in [0.1, 0.15) is 11.9 Å². The number of nitrogens with one attached hydrogen (secondary N) is 2. The molecule has 0 radical (unpaired) electrons. The summed E-state index contributed by atoms with van der Waals surface area (Å²) in [6.45, 7) is 7.09. The third-order valence-electron chi connectivity index (χ3n) is 8.30. The van der Waals surface area contributed by atoms with Gasteiger partial charge in [0.05, 0.1) is 10.9 Å². The number of benzene rings is 3. The number of nitrogens with zero attached hydrogens (tertiary/aromatic N) is 1. The van der Waals surface area contributed by atoms with Gasteiger partial charge in [-0.15, -0.1) is 11.3 Å². The molecule has 0 aliphatic carbocycles. The minimum atomic E-state index is 0.127. The molecule has 1 aromatic heterocycles. The normalized spacial score (nSPS) is 17.1. The van der Waals surface area contributed by atoms with E-state index in [0.29, 0.717) is 12.5 Å². The summed E-state index contributed by atoms with van der Waals surface area (Å²) in [6.07, 6.45) is 4.81. The van der Waals surface area contributed by atoms with Crippen LogP contribution in [0, 0.1) is 6.92 Å². The number of hydrogen-bond acceptors (Lipinski definition) is 5. The molecule has 2 aliphatic rings. The molecule has 214 valence electrons. The molecule has 0 spiro atoms. The van der Waals surface area contributed by atoms with Gasteiger partial charge >= 0.3 is 0 Å². The first kappa shape index (κ1) is 28.4. The summed E-state index contributed by atoms with van der Waals surface area (Å²) < 4.78 is 8.50. The van der Waals surface area contributed by atoms with Gasteiger partial charge in [-0.2, -0.15) is 0 Å². The first-order chi connectivity index (χ1) is 20.0. The molecule has 0 saturated carbocycles. The molecule has 2 saturated heterocycles. The van der Waals surface area contributed by atoms with Crippen LogP contribution in [0.1, 0.15) is 41.7 Å². The van der Waals surface area contributed by atoms with E-state index in [1.165, 1.54) is 32.3 Å². The van der Waals surface area contributed by atoms with Gasteiger partial charge in [0.2, 0.25) is 5.91 Å². The number of hydrogen-bond donors (Lipinski definition) is 2. The number of carbonyl (C=O) groups excluding carboxylic acids is 1. The van der Waals surface area contributed by atoms with E-state index in [9.17, 15) is 4.79 Å². The molecule has 41 heavy (non-hydrogen) atoms. The van der Waals surface area contributed by atoms with Crippen molar-refractivity contribution in [1.82, 2.24) is 15.5 Å². The number of thiophene rings is 1. The van der Waals surface area contributed by atoms with E-state index >= 15 is 0 Å². The van der Waals surface area contributed by atoms with E-state index in [0.717, 1.165) is 73.5 Å². The number of carbonyl (C=O) groups is 1. The van der Waals surface area contributed by atoms with Crippen LogP contribution in [0.15, 0.2) is 71.2 Å². The number of rotatable bonds is 8. The number of fused-ring (bicyclic) bond motifs is 1. The lowest BCUT2D eigenvalue weighted by Gasteiger charge is -2.32. The van der Waals surface area contributed by atoms with Crippen molar-refractivity contribution < 1.29 is 9.53 Å². The summed E-state index contributed by atoms with van der Waals surface area (Å²) >= 11 is 5.46. The smallest absolute Gasteiger partial charge is 0.225 e. The molecule has 3 aromatic carbocycles. The first-order valence-electron chi connectivity index (χ1n) is 14.8. The summed E-state index contributed by atoms with van der Waals surface area (Å²) in [6, 6.07) is 24.0. The lowest BCUT2D eigenvalue weighted by molar-refractivity contribution is -0.121. The summed E-state index contributed by atoms with van der Waals surface area (Å²) in [4.78, 5) is 16.5. The minimum Gasteiger partial charge on any atom is -0.489 e. The Hall–Kier alpha value is -2.71. The zero-order valence-electron chi connectivity index (χ0n) is 23.6. The van der Waals surface area contributed by atoms with Crippen LogP contribution in [-0.4, -0.2) is 49.1 Å². The van der Waals surface area contributed by atoms with E-state index in [2.05, 4.69) is 105 Å². The predicted molar refractivity (Wildman–Crippen MR) is 173 cm³/mol. The quantitative estimate of drug-likeness (QED) is 0.218. The second-order valence-corrected chi connectivity index (χ2v) is 13.4. The third kappa shape index (κ3) is 7.20. The van der Waals surface area contributed by atoms with Crippen LogP contribution < -0.4 is 15.4 Å². The fourth-order valence-electron chi connectivity index (χ4n) is 6.00. The van der Waals surface area contributed by atoms with Crippen molar-refractivity contribution in [1.29, 1.82) is 0 Å². The van der Waals surface area contributed by atoms with E-state index in [1.54, 1.807) is 11.3 Å². The van der Waals surface area contributed by atoms with Gasteiger partial charge in [-0.05, 0) is 114 Å². The van der Waals surface area contributed by atoms with Gasteiger partial charge in [-0.25, -0.2) is 0 Å². The number of aryl methyl sites for hydroxylation is 1. The van der Waals surface area contributed by atoms with Crippen molar-refractivity contribution in [3.8, 4) is 16.9 Å². The van der Waals surface area contributed by atoms with E-state index in [4.69, 9.17) is 4.74 Å². The van der Waals surface area contributed by atoms with Gasteiger partial charge < -0.3 is 15.4 Å². The number of likely N-dealkylation sites (tertiary alicyclic amines) is 1. The van der Waals surface area contributed by atoms with Crippen molar-refractivity contribution in [2.45, 2.75) is 57.7 Å². The van der Waals surface area contributed by atoms with Gasteiger partial charge in [0.15, 0.2) is 0 Å². The Morgan fingerprint density at radius 2 is 1.83 bits per heavy atom. The SMILES string of the molecule is Cc1ccccc1-c1ccc2cc(CC(=O)NC3CCN(Cc4ccc(OC5CCNCC5)c(Br)c4)CC3)sc2c1. The van der Waals surface area contributed by atoms with Gasteiger partial charge in [-0.1, -0.05) is 42.5 Å². The van der Waals surface area contributed by atoms with Gasteiger partial charge in [-0.3, -0.25) is 9.69 Å². The maximum absolute atomic E-state index is 12.9. The highest BCUT2D eigenvalue weighted by Gasteiger charge is 2.22. The maximum atomic E-state index is 12.9. The Labute approximate surface area is 255 Å². The monoisotopic (exact) mass is 631 g/mol. The average molecular weight is 633 g/mol. The Kier molecular flexibility index (Phi) is 9.06. The van der Waals surface area contributed by atoms with Crippen LogP contribution in [-0.2, 0) is 17.8 Å². The van der Waals surface area contributed by atoms with E-state index < -0.39 is 0 Å². The molecule has 2 N–H and O–H groups in total. The molecule has 1 amide bonds. The summed E-state index contributed by atoms with van der Waals surface area (Å²) in [5.41, 5.74) is 5.05. The summed E-state index contributed by atoms with van der Waals surface area (Å²) in [7, 11) is 0. The van der Waals surface area contributed by atoms with Crippen LogP contribution in [0.3, 0.4) is 0 Å². The summed E-state index contributed by atoms with van der Waals surface area (Å²) in [5.74, 6) is 1.06. The Morgan fingerprint density at radius 3 is 2.61 bits per heavy atom. The Bertz CT molecular complexity index is 1510. The molecule has 0 unspecified atom stereocenters. The summed E-state index contributed by atoms with van der Waals surface area (Å²) in [5, 5.41) is 7.90. The molecule has 3 heterocycles. The molecule has 7 heteroatoms. The van der Waals surface area contributed by atoms with Crippen LogP contribution in [0.5, 0.6) is 5.75 Å². The van der Waals surface area contributed by atoms with Crippen LogP contribution in [0.2, 0.25) is 0 Å². The Morgan fingerprint density at radius 1 is 1.02 bits per heavy atom. The fraction of sp³-hybridized carbons (Fsp3) is 0.382. The highest BCUT2D eigenvalue weighted by Crippen LogP contribution is 2.32. The molecule has 4 aromatic rings. The minimum absolute atomic E-state index is 0.127. The number of piperidine rings is 2. The first-order valence-corrected chi connectivity index (χ1v) is 16.4. The second-order valence-electron chi connectivity index (χ2n) is 11.4. The zero-order valence-corrected chi connectivity index (χ0v) is 26.0. The molecular weight excluding hydrogens is 594 g/mol. The average Bonchev–Trinajstić information content (AvgIpc) is 3.38. The third-order valence-corrected chi connectivity index (χ3v) is 10.0. The number of ether oxygens (including phenoxy) is 1. The van der Waals surface area contributed by atoms with Crippen LogP contribution in [0.25, 0.3) is 21.2 Å². The number of halogens is 1. The second kappa shape index (κ2) is 13.1. The number of amides is 1. The highest BCUT2D eigenvalue weighted by atomic mass is 79.9. The largest absolute Gasteiger partial charge is 0.489 e. The maximum Gasteiger partial charge on any atom is 0.225 e. The van der Waals surface area contributed by atoms with E-state index in [-0.39, 0.29) is 11.9 Å². The van der Waals surface area contributed by atoms with Crippen molar-refractivity contribution in [2.24, 2.45) is 0 Å². The lowest BCUT2D eigenvalue weighted by Crippen LogP contribution is -2.44. The van der Waals surface area contributed by atoms with Gasteiger partial charge in [0, 0.05) is 35.3 Å². The molecule has 2 fully saturated rings. The van der Waals surface area contributed by atoms with Crippen molar-refractivity contribution in [3.05, 3.63) is 87.2 Å². The molecule has 0 bridgehead atoms. The molecular formula is C34H38BrN3O2S. The Balaban J connectivity index is 0.978. The molecule has 6 rings (SSSR count).